The number of anilines is 1. The monoisotopic (exact) mass is 293 g/mol. The molecule has 5 heteroatoms. The number of nitrogens with zero attached hydrogens (tertiary/aromatic N) is 2. The SMILES string of the molecule is CC(=O)c1cccc(NC(=O)c2ccn3cc(C)nc3c2)c1. The van der Waals surface area contributed by atoms with Gasteiger partial charge in [-0.2, -0.15) is 0 Å². The van der Waals surface area contributed by atoms with Crippen molar-refractivity contribution in [1.82, 2.24) is 9.38 Å². The molecular weight excluding hydrogens is 278 g/mol. The summed E-state index contributed by atoms with van der Waals surface area (Å²) < 4.78 is 1.86. The van der Waals surface area contributed by atoms with Gasteiger partial charge in [0.15, 0.2) is 5.78 Å². The van der Waals surface area contributed by atoms with Crippen LogP contribution >= 0.6 is 0 Å². The summed E-state index contributed by atoms with van der Waals surface area (Å²) in [6.45, 7) is 3.40. The molecule has 0 aliphatic heterocycles. The zero-order valence-corrected chi connectivity index (χ0v) is 12.3. The van der Waals surface area contributed by atoms with E-state index in [1.165, 1.54) is 6.92 Å². The van der Waals surface area contributed by atoms with Crippen molar-refractivity contribution in [2.75, 3.05) is 5.32 Å². The maximum absolute atomic E-state index is 12.3. The van der Waals surface area contributed by atoms with E-state index >= 15 is 0 Å². The zero-order valence-electron chi connectivity index (χ0n) is 12.3. The number of carbonyl (C=O) groups is 2. The van der Waals surface area contributed by atoms with Gasteiger partial charge in [-0.15, -0.1) is 0 Å². The minimum Gasteiger partial charge on any atom is -0.322 e. The van der Waals surface area contributed by atoms with E-state index in [4.69, 9.17) is 0 Å². The van der Waals surface area contributed by atoms with Crippen LogP contribution in [0.4, 0.5) is 5.69 Å². The standard InChI is InChI=1S/C17H15N3O2/c1-11-10-20-7-6-14(9-16(20)18-11)17(22)19-15-5-3-4-13(8-15)12(2)21/h3-10H,1-2H3,(H,19,22). The highest BCUT2D eigenvalue weighted by atomic mass is 16.1. The maximum Gasteiger partial charge on any atom is 0.255 e. The number of rotatable bonds is 3. The molecule has 22 heavy (non-hydrogen) atoms. The van der Waals surface area contributed by atoms with Gasteiger partial charge in [-0.3, -0.25) is 9.59 Å². The topological polar surface area (TPSA) is 63.5 Å². The van der Waals surface area contributed by atoms with Crippen molar-refractivity contribution in [3.05, 3.63) is 65.6 Å². The van der Waals surface area contributed by atoms with Crippen LogP contribution in [-0.2, 0) is 0 Å². The van der Waals surface area contributed by atoms with Crippen LogP contribution in [0.5, 0.6) is 0 Å². The Hall–Kier alpha value is -2.95. The molecular formula is C17H15N3O2. The van der Waals surface area contributed by atoms with E-state index in [-0.39, 0.29) is 11.7 Å². The number of hydrogen-bond donors (Lipinski definition) is 1. The highest BCUT2D eigenvalue weighted by Crippen LogP contribution is 2.14. The minimum absolute atomic E-state index is 0.0367. The Kier molecular flexibility index (Phi) is 3.47. The quantitative estimate of drug-likeness (QED) is 0.755. The third-order valence-electron chi connectivity index (χ3n) is 3.37. The third-order valence-corrected chi connectivity index (χ3v) is 3.37. The van der Waals surface area contributed by atoms with E-state index < -0.39 is 0 Å². The lowest BCUT2D eigenvalue weighted by Crippen LogP contribution is -2.12. The molecule has 3 rings (SSSR count). The van der Waals surface area contributed by atoms with Gasteiger partial charge in [0.25, 0.3) is 5.91 Å². The van der Waals surface area contributed by atoms with Crippen LogP contribution in [0.15, 0.2) is 48.8 Å². The number of aromatic nitrogens is 2. The second kappa shape index (κ2) is 5.44. The molecule has 2 aromatic heterocycles. The summed E-state index contributed by atoms with van der Waals surface area (Å²) in [5, 5.41) is 2.80. The number of nitrogens with one attached hydrogen (secondary N) is 1. The predicted molar refractivity (Wildman–Crippen MR) is 84.3 cm³/mol. The fourth-order valence-corrected chi connectivity index (χ4v) is 2.27. The van der Waals surface area contributed by atoms with E-state index in [0.717, 1.165) is 11.3 Å². The third kappa shape index (κ3) is 2.74. The number of aryl methyl sites for hydroxylation is 1. The van der Waals surface area contributed by atoms with Crippen molar-refractivity contribution in [3.8, 4) is 0 Å². The number of pyridine rings is 1. The lowest BCUT2D eigenvalue weighted by molar-refractivity contribution is 0.101. The molecule has 110 valence electrons. The molecule has 2 heterocycles. The van der Waals surface area contributed by atoms with Gasteiger partial charge in [0.05, 0.1) is 5.69 Å². The summed E-state index contributed by atoms with van der Waals surface area (Å²) in [5.74, 6) is -0.269. The molecule has 1 aromatic carbocycles. The lowest BCUT2D eigenvalue weighted by atomic mass is 10.1. The van der Waals surface area contributed by atoms with Gasteiger partial charge in [0.2, 0.25) is 0 Å². The smallest absolute Gasteiger partial charge is 0.255 e. The highest BCUT2D eigenvalue weighted by molar-refractivity contribution is 6.05. The molecule has 3 aromatic rings. The summed E-state index contributed by atoms with van der Waals surface area (Å²) >= 11 is 0. The Morgan fingerprint density at radius 1 is 1.14 bits per heavy atom. The molecule has 0 saturated carbocycles. The number of fused-ring (bicyclic) bond motifs is 1. The van der Waals surface area contributed by atoms with Crippen LogP contribution in [0, 0.1) is 6.92 Å². The van der Waals surface area contributed by atoms with Crippen LogP contribution < -0.4 is 5.32 Å². The van der Waals surface area contributed by atoms with Crippen LogP contribution in [0.25, 0.3) is 5.65 Å². The highest BCUT2D eigenvalue weighted by Gasteiger charge is 2.09. The van der Waals surface area contributed by atoms with Crippen LogP contribution in [0.2, 0.25) is 0 Å². The Balaban J connectivity index is 1.86. The first-order valence-corrected chi connectivity index (χ1v) is 6.90. The molecule has 1 N–H and O–H groups in total. The van der Waals surface area contributed by atoms with Gasteiger partial charge < -0.3 is 9.72 Å². The molecule has 0 unspecified atom stereocenters. The number of benzene rings is 1. The summed E-state index contributed by atoms with van der Waals surface area (Å²) in [5.41, 5.74) is 3.30. The van der Waals surface area contributed by atoms with Gasteiger partial charge in [0, 0.05) is 29.2 Å². The summed E-state index contributed by atoms with van der Waals surface area (Å²) in [6.07, 6.45) is 3.70. The molecule has 0 atom stereocenters. The van der Waals surface area contributed by atoms with Crippen LogP contribution in [-0.4, -0.2) is 21.1 Å². The van der Waals surface area contributed by atoms with Gasteiger partial charge in [-0.1, -0.05) is 12.1 Å². The second-order valence-corrected chi connectivity index (χ2v) is 5.15. The van der Waals surface area contributed by atoms with Crippen molar-refractivity contribution in [1.29, 1.82) is 0 Å². The molecule has 0 saturated heterocycles. The molecule has 5 nitrogen and oxygen atoms in total. The van der Waals surface area contributed by atoms with E-state index in [0.29, 0.717) is 16.8 Å². The average Bonchev–Trinajstić information content (AvgIpc) is 2.86. The molecule has 0 aliphatic carbocycles. The van der Waals surface area contributed by atoms with Crippen molar-refractivity contribution >= 4 is 23.0 Å². The number of amides is 1. The van der Waals surface area contributed by atoms with E-state index in [1.807, 2.05) is 17.5 Å². The van der Waals surface area contributed by atoms with Crippen molar-refractivity contribution in [2.24, 2.45) is 0 Å². The summed E-state index contributed by atoms with van der Waals surface area (Å²) in [7, 11) is 0. The number of carbonyl (C=O) groups excluding carboxylic acids is 2. The molecule has 0 fully saturated rings. The Labute approximate surface area is 127 Å². The van der Waals surface area contributed by atoms with Crippen LogP contribution in [0.1, 0.15) is 33.3 Å². The first kappa shape index (κ1) is 14.0. The normalized spacial score (nSPS) is 10.6. The Morgan fingerprint density at radius 3 is 2.73 bits per heavy atom. The fraction of sp³-hybridized carbons (Fsp3) is 0.118. The van der Waals surface area contributed by atoms with E-state index in [9.17, 15) is 9.59 Å². The largest absolute Gasteiger partial charge is 0.322 e. The number of hydrogen-bond acceptors (Lipinski definition) is 3. The fourth-order valence-electron chi connectivity index (χ4n) is 2.27. The number of imidazole rings is 1. The molecule has 0 spiro atoms. The summed E-state index contributed by atoms with van der Waals surface area (Å²) in [4.78, 5) is 28.0. The Bertz CT molecular complexity index is 880. The van der Waals surface area contributed by atoms with Crippen molar-refractivity contribution in [2.45, 2.75) is 13.8 Å². The second-order valence-electron chi connectivity index (χ2n) is 5.15. The Morgan fingerprint density at radius 2 is 1.95 bits per heavy atom. The molecule has 0 bridgehead atoms. The van der Waals surface area contributed by atoms with Gasteiger partial charge in [0.1, 0.15) is 5.65 Å². The van der Waals surface area contributed by atoms with Gasteiger partial charge in [-0.05, 0) is 38.1 Å². The van der Waals surface area contributed by atoms with Crippen LogP contribution in [0.3, 0.4) is 0 Å². The predicted octanol–water partition coefficient (Wildman–Crippen LogP) is 3.10. The zero-order chi connectivity index (χ0) is 15.7. The van der Waals surface area contributed by atoms with E-state index in [1.54, 1.807) is 42.6 Å². The van der Waals surface area contributed by atoms with Gasteiger partial charge >= 0.3 is 0 Å². The lowest BCUT2D eigenvalue weighted by Gasteiger charge is -2.06. The molecule has 1 amide bonds. The van der Waals surface area contributed by atoms with Crippen molar-refractivity contribution < 1.29 is 9.59 Å². The van der Waals surface area contributed by atoms with Crippen molar-refractivity contribution in [3.63, 3.8) is 0 Å². The number of Topliss-reactive ketones (excluding diaryl/α,β-unsaturated/α-hetero) is 1. The number of ketones is 1. The molecule has 0 radical (unpaired) electrons. The first-order chi connectivity index (χ1) is 10.5. The average molecular weight is 293 g/mol. The minimum atomic E-state index is -0.233. The first-order valence-electron chi connectivity index (χ1n) is 6.90. The maximum atomic E-state index is 12.3. The van der Waals surface area contributed by atoms with E-state index in [2.05, 4.69) is 10.3 Å². The van der Waals surface area contributed by atoms with Gasteiger partial charge in [-0.25, -0.2) is 4.98 Å². The molecule has 0 aliphatic rings. The summed E-state index contributed by atoms with van der Waals surface area (Å²) in [6, 6.07) is 10.3.